The molecule has 0 saturated carbocycles. The number of ether oxygens (including phenoxy) is 1. The Kier molecular flexibility index (Phi) is 4.23. The Balaban J connectivity index is 1.54. The zero-order valence-electron chi connectivity index (χ0n) is 15.3. The third-order valence-corrected chi connectivity index (χ3v) is 6.10. The van der Waals surface area contributed by atoms with E-state index in [0.29, 0.717) is 31.8 Å². The van der Waals surface area contributed by atoms with Gasteiger partial charge in [-0.2, -0.15) is 0 Å². The zero-order valence-corrected chi connectivity index (χ0v) is 15.3. The first kappa shape index (κ1) is 17.1. The van der Waals surface area contributed by atoms with Crippen LogP contribution < -0.4 is 0 Å². The SMILES string of the molecule is COCC12CCN(C(=O)c3ccc4cc[nH]c4c3)CC1CN(C(C)=O)C2. The van der Waals surface area contributed by atoms with Crippen molar-refractivity contribution in [2.45, 2.75) is 13.3 Å². The van der Waals surface area contributed by atoms with Crippen molar-refractivity contribution in [2.24, 2.45) is 11.3 Å². The van der Waals surface area contributed by atoms with E-state index in [2.05, 4.69) is 4.98 Å². The molecule has 2 aliphatic heterocycles. The highest BCUT2D eigenvalue weighted by molar-refractivity contribution is 5.98. The molecule has 0 aliphatic carbocycles. The molecule has 2 saturated heterocycles. The van der Waals surface area contributed by atoms with Gasteiger partial charge in [-0.25, -0.2) is 0 Å². The smallest absolute Gasteiger partial charge is 0.253 e. The number of methoxy groups -OCH3 is 1. The number of aromatic nitrogens is 1. The summed E-state index contributed by atoms with van der Waals surface area (Å²) in [5, 5.41) is 1.10. The molecule has 2 unspecified atom stereocenters. The van der Waals surface area contributed by atoms with Gasteiger partial charge in [0.25, 0.3) is 5.91 Å². The molecule has 0 bridgehead atoms. The molecule has 4 rings (SSSR count). The van der Waals surface area contributed by atoms with Gasteiger partial charge in [0, 0.05) is 68.8 Å². The third kappa shape index (κ3) is 2.78. The summed E-state index contributed by atoms with van der Waals surface area (Å²) < 4.78 is 5.49. The predicted molar refractivity (Wildman–Crippen MR) is 98.9 cm³/mol. The Morgan fingerprint density at radius 3 is 2.85 bits per heavy atom. The van der Waals surface area contributed by atoms with Crippen molar-refractivity contribution in [3.63, 3.8) is 0 Å². The number of benzene rings is 1. The molecular formula is C20H25N3O3. The summed E-state index contributed by atoms with van der Waals surface area (Å²) in [5.41, 5.74) is 1.66. The Morgan fingerprint density at radius 2 is 2.08 bits per heavy atom. The van der Waals surface area contributed by atoms with Gasteiger partial charge >= 0.3 is 0 Å². The van der Waals surface area contributed by atoms with Gasteiger partial charge in [-0.3, -0.25) is 9.59 Å². The van der Waals surface area contributed by atoms with E-state index >= 15 is 0 Å². The molecular weight excluding hydrogens is 330 g/mol. The quantitative estimate of drug-likeness (QED) is 0.917. The number of carbonyl (C=O) groups excluding carboxylic acids is 2. The van der Waals surface area contributed by atoms with Crippen molar-refractivity contribution >= 4 is 22.7 Å². The first-order valence-corrected chi connectivity index (χ1v) is 9.13. The number of fused-ring (bicyclic) bond motifs is 2. The second kappa shape index (κ2) is 6.43. The number of rotatable bonds is 3. The maximum atomic E-state index is 13.0. The number of piperidine rings is 1. The lowest BCUT2D eigenvalue weighted by molar-refractivity contribution is -0.128. The summed E-state index contributed by atoms with van der Waals surface area (Å²) in [6.07, 6.45) is 2.75. The highest BCUT2D eigenvalue weighted by atomic mass is 16.5. The Morgan fingerprint density at radius 1 is 1.27 bits per heavy atom. The van der Waals surface area contributed by atoms with Crippen molar-refractivity contribution in [1.29, 1.82) is 0 Å². The van der Waals surface area contributed by atoms with Gasteiger partial charge < -0.3 is 19.5 Å². The fraction of sp³-hybridized carbons (Fsp3) is 0.500. The van der Waals surface area contributed by atoms with Crippen LogP contribution in [0.1, 0.15) is 23.7 Å². The molecule has 1 aromatic carbocycles. The maximum Gasteiger partial charge on any atom is 0.253 e. The second-order valence-electron chi connectivity index (χ2n) is 7.67. The van der Waals surface area contributed by atoms with Crippen LogP contribution in [0.2, 0.25) is 0 Å². The van der Waals surface area contributed by atoms with Crippen LogP contribution in [-0.4, -0.2) is 66.5 Å². The lowest BCUT2D eigenvalue weighted by atomic mass is 9.73. The molecule has 2 aliphatic rings. The Hall–Kier alpha value is -2.34. The van der Waals surface area contributed by atoms with Crippen LogP contribution in [0.15, 0.2) is 30.5 Å². The summed E-state index contributed by atoms with van der Waals surface area (Å²) >= 11 is 0. The highest BCUT2D eigenvalue weighted by Gasteiger charge is 2.50. The lowest BCUT2D eigenvalue weighted by Crippen LogP contribution is -2.50. The summed E-state index contributed by atoms with van der Waals surface area (Å²) in [6.45, 7) is 5.07. The third-order valence-electron chi connectivity index (χ3n) is 6.10. The summed E-state index contributed by atoms with van der Waals surface area (Å²) in [5.74, 6) is 0.428. The van der Waals surface area contributed by atoms with E-state index in [1.54, 1.807) is 14.0 Å². The molecule has 3 heterocycles. The fourth-order valence-corrected chi connectivity index (χ4v) is 4.59. The molecule has 138 valence electrons. The monoisotopic (exact) mass is 355 g/mol. The molecule has 26 heavy (non-hydrogen) atoms. The van der Waals surface area contributed by atoms with Gasteiger partial charge in [-0.15, -0.1) is 0 Å². The van der Waals surface area contributed by atoms with Gasteiger partial charge in [-0.1, -0.05) is 6.07 Å². The number of nitrogens with zero attached hydrogens (tertiary/aromatic N) is 2. The Bertz CT molecular complexity index is 846. The van der Waals surface area contributed by atoms with Gasteiger partial charge in [-0.05, 0) is 30.0 Å². The van der Waals surface area contributed by atoms with Crippen molar-refractivity contribution in [3.8, 4) is 0 Å². The van der Waals surface area contributed by atoms with E-state index < -0.39 is 0 Å². The average Bonchev–Trinajstić information content (AvgIpc) is 3.24. The van der Waals surface area contributed by atoms with E-state index in [1.807, 2.05) is 40.3 Å². The van der Waals surface area contributed by atoms with Gasteiger partial charge in [0.15, 0.2) is 0 Å². The number of carbonyl (C=O) groups is 2. The Labute approximate surface area is 153 Å². The molecule has 6 heteroatoms. The van der Waals surface area contributed by atoms with E-state index in [0.717, 1.165) is 23.9 Å². The number of amides is 2. The van der Waals surface area contributed by atoms with Crippen LogP contribution >= 0.6 is 0 Å². The first-order chi connectivity index (χ1) is 12.5. The van der Waals surface area contributed by atoms with Gasteiger partial charge in [0.05, 0.1) is 6.61 Å². The van der Waals surface area contributed by atoms with Gasteiger partial charge in [0.1, 0.15) is 0 Å². The topological polar surface area (TPSA) is 65.6 Å². The van der Waals surface area contributed by atoms with Crippen LogP contribution in [0.5, 0.6) is 0 Å². The molecule has 1 aromatic heterocycles. The van der Waals surface area contributed by atoms with Crippen LogP contribution in [0.3, 0.4) is 0 Å². The summed E-state index contributed by atoms with van der Waals surface area (Å²) in [6, 6.07) is 7.79. The van der Waals surface area contributed by atoms with Crippen molar-refractivity contribution in [1.82, 2.24) is 14.8 Å². The predicted octanol–water partition coefficient (Wildman–Crippen LogP) is 2.12. The van der Waals surface area contributed by atoms with E-state index in [4.69, 9.17) is 4.74 Å². The number of hydrogen-bond acceptors (Lipinski definition) is 3. The molecule has 0 radical (unpaired) electrons. The number of likely N-dealkylation sites (tertiary alicyclic amines) is 2. The standard InChI is InChI=1S/C20H25N3O3/c1-14(24)23-11-17-10-22(8-6-20(17,12-23)13-26-2)19(25)16-4-3-15-5-7-21-18(15)9-16/h3-5,7,9,17,21H,6,8,10-13H2,1-2H3. The van der Waals surface area contributed by atoms with E-state index in [9.17, 15) is 9.59 Å². The van der Waals surface area contributed by atoms with Crippen molar-refractivity contribution < 1.29 is 14.3 Å². The van der Waals surface area contributed by atoms with Crippen LogP contribution in [0.25, 0.3) is 10.9 Å². The molecule has 1 N–H and O–H groups in total. The minimum Gasteiger partial charge on any atom is -0.384 e. The van der Waals surface area contributed by atoms with E-state index in [1.165, 1.54) is 0 Å². The maximum absolute atomic E-state index is 13.0. The number of aromatic amines is 1. The summed E-state index contributed by atoms with van der Waals surface area (Å²) in [4.78, 5) is 31.9. The second-order valence-corrected chi connectivity index (χ2v) is 7.67. The first-order valence-electron chi connectivity index (χ1n) is 9.13. The van der Waals surface area contributed by atoms with Crippen LogP contribution in [0.4, 0.5) is 0 Å². The van der Waals surface area contributed by atoms with Crippen LogP contribution in [0, 0.1) is 11.3 Å². The van der Waals surface area contributed by atoms with Gasteiger partial charge in [0.2, 0.25) is 5.91 Å². The van der Waals surface area contributed by atoms with E-state index in [-0.39, 0.29) is 23.1 Å². The molecule has 0 spiro atoms. The molecule has 2 atom stereocenters. The molecule has 2 amide bonds. The minimum atomic E-state index is -0.0272. The lowest BCUT2D eigenvalue weighted by Gasteiger charge is -2.43. The molecule has 6 nitrogen and oxygen atoms in total. The zero-order chi connectivity index (χ0) is 18.3. The fourth-order valence-electron chi connectivity index (χ4n) is 4.59. The normalized spacial score (nSPS) is 25.5. The number of hydrogen-bond donors (Lipinski definition) is 1. The van der Waals surface area contributed by atoms with Crippen LogP contribution in [-0.2, 0) is 9.53 Å². The molecule has 2 aromatic rings. The van der Waals surface area contributed by atoms with Crippen molar-refractivity contribution in [3.05, 3.63) is 36.0 Å². The highest BCUT2D eigenvalue weighted by Crippen LogP contribution is 2.43. The number of H-pyrrole nitrogens is 1. The number of nitrogens with one attached hydrogen (secondary N) is 1. The minimum absolute atomic E-state index is 0.0272. The largest absolute Gasteiger partial charge is 0.384 e. The average molecular weight is 355 g/mol. The summed E-state index contributed by atoms with van der Waals surface area (Å²) in [7, 11) is 1.71. The van der Waals surface area contributed by atoms with Crippen molar-refractivity contribution in [2.75, 3.05) is 39.9 Å². The molecule has 2 fully saturated rings.